The number of hydrogen-bond donors (Lipinski definition) is 0. The summed E-state index contributed by atoms with van der Waals surface area (Å²) in [6.45, 7) is 3.61. The number of nitrogens with zero attached hydrogens (tertiary/aromatic N) is 2. The molecule has 0 saturated carbocycles. The van der Waals surface area contributed by atoms with E-state index in [1.165, 1.54) is 16.2 Å². The van der Waals surface area contributed by atoms with E-state index in [1.807, 2.05) is 31.2 Å². The molecule has 1 heterocycles. The largest absolute Gasteiger partial charge is 0.390 e. The van der Waals surface area contributed by atoms with Crippen LogP contribution in [-0.2, 0) is 11.2 Å². The molecular weight excluding hydrogens is 337 g/mol. The Hall–Kier alpha value is -1.89. The number of hydrogen-bond acceptors (Lipinski definition) is 3. The lowest BCUT2D eigenvalue weighted by atomic mass is 10.2. The molecular formula is C17H19F3N2OS. The second-order valence-electron chi connectivity index (χ2n) is 5.53. The predicted octanol–water partition coefficient (Wildman–Crippen LogP) is 4.46. The minimum absolute atomic E-state index is 0.0219. The highest BCUT2D eigenvalue weighted by Gasteiger charge is 2.28. The normalized spacial score (nSPS) is 11.5. The maximum absolute atomic E-state index is 12.3. The SMILES string of the molecule is CCN(CCC(F)(F)F)C(=O)Cc1csc(-c2ccc(C)cc2)n1. The third kappa shape index (κ3) is 5.33. The van der Waals surface area contributed by atoms with Crippen molar-refractivity contribution >= 4 is 17.2 Å². The molecule has 24 heavy (non-hydrogen) atoms. The number of alkyl halides is 3. The number of amides is 1. The molecule has 2 rings (SSSR count). The number of rotatable bonds is 6. The van der Waals surface area contributed by atoms with Gasteiger partial charge in [-0.2, -0.15) is 13.2 Å². The molecule has 1 aromatic carbocycles. The highest BCUT2D eigenvalue weighted by Crippen LogP contribution is 2.24. The molecule has 7 heteroatoms. The number of carbonyl (C=O) groups is 1. The summed E-state index contributed by atoms with van der Waals surface area (Å²) in [5, 5.41) is 2.58. The molecule has 130 valence electrons. The molecule has 0 radical (unpaired) electrons. The topological polar surface area (TPSA) is 33.2 Å². The first kappa shape index (κ1) is 18.4. The van der Waals surface area contributed by atoms with Gasteiger partial charge < -0.3 is 4.90 Å². The minimum Gasteiger partial charge on any atom is -0.342 e. The van der Waals surface area contributed by atoms with Gasteiger partial charge in [0.25, 0.3) is 0 Å². The van der Waals surface area contributed by atoms with Crippen molar-refractivity contribution in [1.29, 1.82) is 0 Å². The highest BCUT2D eigenvalue weighted by atomic mass is 32.1. The Morgan fingerprint density at radius 3 is 2.50 bits per heavy atom. The molecule has 0 fully saturated rings. The summed E-state index contributed by atoms with van der Waals surface area (Å²) in [7, 11) is 0. The van der Waals surface area contributed by atoms with E-state index >= 15 is 0 Å². The maximum atomic E-state index is 12.3. The lowest BCUT2D eigenvalue weighted by molar-refractivity contribution is -0.144. The molecule has 0 aliphatic carbocycles. The van der Waals surface area contributed by atoms with Gasteiger partial charge in [0.15, 0.2) is 0 Å². The highest BCUT2D eigenvalue weighted by molar-refractivity contribution is 7.13. The number of aryl methyl sites for hydroxylation is 1. The average molecular weight is 356 g/mol. The molecule has 0 N–H and O–H groups in total. The first-order chi connectivity index (χ1) is 11.3. The Morgan fingerprint density at radius 1 is 1.25 bits per heavy atom. The Morgan fingerprint density at radius 2 is 1.92 bits per heavy atom. The van der Waals surface area contributed by atoms with Gasteiger partial charge in [-0.25, -0.2) is 4.98 Å². The Kier molecular flexibility index (Phi) is 5.99. The summed E-state index contributed by atoms with van der Waals surface area (Å²) in [4.78, 5) is 17.8. The van der Waals surface area contributed by atoms with E-state index in [2.05, 4.69) is 4.98 Å². The Bertz CT molecular complexity index is 680. The molecule has 2 aromatic rings. The maximum Gasteiger partial charge on any atom is 0.390 e. The van der Waals surface area contributed by atoms with Gasteiger partial charge in [-0.05, 0) is 13.8 Å². The molecule has 0 spiro atoms. The molecule has 0 aliphatic heterocycles. The fourth-order valence-electron chi connectivity index (χ4n) is 2.20. The number of aromatic nitrogens is 1. The van der Waals surface area contributed by atoms with E-state index in [9.17, 15) is 18.0 Å². The van der Waals surface area contributed by atoms with E-state index in [1.54, 1.807) is 12.3 Å². The van der Waals surface area contributed by atoms with Crippen molar-refractivity contribution in [3.8, 4) is 10.6 Å². The Labute approximate surface area is 143 Å². The van der Waals surface area contributed by atoms with Crippen molar-refractivity contribution in [1.82, 2.24) is 9.88 Å². The van der Waals surface area contributed by atoms with Crippen LogP contribution in [0.2, 0.25) is 0 Å². The van der Waals surface area contributed by atoms with Crippen LogP contribution in [-0.4, -0.2) is 35.1 Å². The van der Waals surface area contributed by atoms with Crippen molar-refractivity contribution < 1.29 is 18.0 Å². The summed E-state index contributed by atoms with van der Waals surface area (Å²) < 4.78 is 36.9. The summed E-state index contributed by atoms with van der Waals surface area (Å²) in [6, 6.07) is 7.89. The van der Waals surface area contributed by atoms with Crippen LogP contribution in [0, 0.1) is 6.92 Å². The summed E-state index contributed by atoms with van der Waals surface area (Å²) in [5.74, 6) is -0.331. The zero-order valence-corrected chi connectivity index (χ0v) is 14.4. The van der Waals surface area contributed by atoms with E-state index < -0.39 is 12.6 Å². The van der Waals surface area contributed by atoms with Gasteiger partial charge in [0.1, 0.15) is 5.01 Å². The smallest absolute Gasteiger partial charge is 0.342 e. The fraction of sp³-hybridized carbons (Fsp3) is 0.412. The van der Waals surface area contributed by atoms with Gasteiger partial charge in [-0.3, -0.25) is 4.79 Å². The predicted molar refractivity (Wildman–Crippen MR) is 88.9 cm³/mol. The first-order valence-electron chi connectivity index (χ1n) is 7.64. The lowest BCUT2D eigenvalue weighted by Gasteiger charge is -2.21. The Balaban J connectivity index is 2.00. The quantitative estimate of drug-likeness (QED) is 0.765. The van der Waals surface area contributed by atoms with Crippen LogP contribution >= 0.6 is 11.3 Å². The zero-order chi connectivity index (χ0) is 17.7. The van der Waals surface area contributed by atoms with Crippen LogP contribution in [0.4, 0.5) is 13.2 Å². The van der Waals surface area contributed by atoms with Crippen LogP contribution in [0.5, 0.6) is 0 Å². The molecule has 0 saturated heterocycles. The third-order valence-electron chi connectivity index (χ3n) is 3.58. The number of thiazole rings is 1. The standard InChI is InChI=1S/C17H19F3N2OS/c1-3-22(9-8-17(18,19)20)15(23)10-14-11-24-16(21-14)13-6-4-12(2)5-7-13/h4-7,11H,3,8-10H2,1-2H3. The molecule has 1 aromatic heterocycles. The van der Waals surface area contributed by atoms with Crippen LogP contribution in [0.1, 0.15) is 24.6 Å². The summed E-state index contributed by atoms with van der Waals surface area (Å²) in [5.41, 5.74) is 2.70. The van der Waals surface area contributed by atoms with Gasteiger partial charge in [-0.15, -0.1) is 11.3 Å². The number of benzene rings is 1. The minimum atomic E-state index is -4.26. The lowest BCUT2D eigenvalue weighted by Crippen LogP contribution is -2.35. The molecule has 3 nitrogen and oxygen atoms in total. The van der Waals surface area contributed by atoms with E-state index in [0.717, 1.165) is 16.1 Å². The fourth-order valence-corrected chi connectivity index (χ4v) is 3.03. The van der Waals surface area contributed by atoms with Crippen LogP contribution in [0.15, 0.2) is 29.6 Å². The van der Waals surface area contributed by atoms with Crippen molar-refractivity contribution in [2.24, 2.45) is 0 Å². The van der Waals surface area contributed by atoms with Gasteiger partial charge in [-0.1, -0.05) is 29.8 Å². The monoisotopic (exact) mass is 356 g/mol. The van der Waals surface area contributed by atoms with E-state index in [0.29, 0.717) is 5.69 Å². The van der Waals surface area contributed by atoms with Crippen molar-refractivity contribution in [3.63, 3.8) is 0 Å². The summed E-state index contributed by atoms with van der Waals surface area (Å²) >= 11 is 1.43. The third-order valence-corrected chi connectivity index (χ3v) is 4.52. The van der Waals surface area contributed by atoms with E-state index in [-0.39, 0.29) is 25.4 Å². The van der Waals surface area contributed by atoms with Gasteiger partial charge in [0, 0.05) is 24.0 Å². The van der Waals surface area contributed by atoms with Gasteiger partial charge >= 0.3 is 6.18 Å². The number of halogens is 3. The average Bonchev–Trinajstić information content (AvgIpc) is 2.96. The second kappa shape index (κ2) is 7.79. The number of likely N-dealkylation sites (N-methyl/N-ethyl adjacent to an activating group) is 1. The van der Waals surface area contributed by atoms with Crippen molar-refractivity contribution in [2.45, 2.75) is 32.9 Å². The van der Waals surface area contributed by atoms with Gasteiger partial charge in [0.05, 0.1) is 18.5 Å². The van der Waals surface area contributed by atoms with Crippen LogP contribution < -0.4 is 0 Å². The second-order valence-corrected chi connectivity index (χ2v) is 6.38. The van der Waals surface area contributed by atoms with Gasteiger partial charge in [0.2, 0.25) is 5.91 Å². The van der Waals surface area contributed by atoms with Crippen LogP contribution in [0.25, 0.3) is 10.6 Å². The number of carbonyl (C=O) groups excluding carboxylic acids is 1. The first-order valence-corrected chi connectivity index (χ1v) is 8.52. The zero-order valence-electron chi connectivity index (χ0n) is 13.6. The summed E-state index contributed by atoms with van der Waals surface area (Å²) in [6.07, 6.45) is -5.22. The van der Waals surface area contributed by atoms with Crippen molar-refractivity contribution in [2.75, 3.05) is 13.1 Å². The van der Waals surface area contributed by atoms with Crippen molar-refractivity contribution in [3.05, 3.63) is 40.9 Å². The molecule has 1 amide bonds. The molecule has 0 atom stereocenters. The van der Waals surface area contributed by atoms with Crippen LogP contribution in [0.3, 0.4) is 0 Å². The molecule has 0 aliphatic rings. The van der Waals surface area contributed by atoms with E-state index in [4.69, 9.17) is 0 Å². The molecule has 0 unspecified atom stereocenters. The molecule has 0 bridgehead atoms.